The van der Waals surface area contributed by atoms with Crippen LogP contribution < -0.4 is 15.6 Å². The Bertz CT molecular complexity index is 420. The second-order valence-electron chi connectivity index (χ2n) is 2.55. The second kappa shape index (κ2) is 2.89. The van der Waals surface area contributed by atoms with Gasteiger partial charge in [0.2, 0.25) is 5.52 Å². The van der Waals surface area contributed by atoms with E-state index in [2.05, 4.69) is 30.6 Å². The van der Waals surface area contributed by atoms with Crippen molar-refractivity contribution in [2.75, 3.05) is 24.7 Å². The standard InChI is InChI=1S/C7H10N6/c1-8-5-4-6(11-3-10-4)13-7(9-2)12-5/h3H,1-2H3,(H3,8,9,10,11,12,13)/p+1. The molecule has 0 atom stereocenters. The van der Waals surface area contributed by atoms with Gasteiger partial charge in [-0.15, -0.1) is 0 Å². The van der Waals surface area contributed by atoms with Gasteiger partial charge >= 0.3 is 11.6 Å². The van der Waals surface area contributed by atoms with Crippen molar-refractivity contribution in [2.45, 2.75) is 0 Å². The number of H-pyrrole nitrogens is 2. The zero-order chi connectivity index (χ0) is 9.26. The highest BCUT2D eigenvalue weighted by atomic mass is 15.2. The molecule has 0 saturated carbocycles. The van der Waals surface area contributed by atoms with E-state index in [4.69, 9.17) is 0 Å². The van der Waals surface area contributed by atoms with Crippen molar-refractivity contribution in [1.29, 1.82) is 0 Å². The molecular formula is C7H11N6+. The number of hydrogen-bond acceptors (Lipinski definition) is 4. The highest BCUT2D eigenvalue weighted by Crippen LogP contribution is 2.15. The van der Waals surface area contributed by atoms with Crippen LogP contribution in [0.1, 0.15) is 0 Å². The highest BCUT2D eigenvalue weighted by molar-refractivity contribution is 5.81. The number of rotatable bonds is 2. The van der Waals surface area contributed by atoms with Crippen molar-refractivity contribution in [2.24, 2.45) is 0 Å². The molecule has 68 valence electrons. The monoisotopic (exact) mass is 179 g/mol. The Labute approximate surface area is 74.8 Å². The van der Waals surface area contributed by atoms with E-state index in [1.165, 1.54) is 0 Å². The molecule has 2 heterocycles. The van der Waals surface area contributed by atoms with Gasteiger partial charge in [0.25, 0.3) is 0 Å². The van der Waals surface area contributed by atoms with Crippen LogP contribution in [0.25, 0.3) is 11.2 Å². The summed E-state index contributed by atoms with van der Waals surface area (Å²) in [6, 6.07) is 0. The predicted molar refractivity (Wildman–Crippen MR) is 49.5 cm³/mol. The summed E-state index contributed by atoms with van der Waals surface area (Å²) in [5, 5.41) is 5.88. The van der Waals surface area contributed by atoms with Gasteiger partial charge < -0.3 is 10.6 Å². The lowest BCUT2D eigenvalue weighted by molar-refractivity contribution is -0.347. The van der Waals surface area contributed by atoms with Crippen LogP contribution >= 0.6 is 0 Å². The summed E-state index contributed by atoms with van der Waals surface area (Å²) >= 11 is 0. The first-order valence-corrected chi connectivity index (χ1v) is 3.97. The largest absolute Gasteiger partial charge is 0.370 e. The van der Waals surface area contributed by atoms with Gasteiger partial charge in [0.1, 0.15) is 0 Å². The van der Waals surface area contributed by atoms with Gasteiger partial charge in [-0.05, 0) is 0 Å². The zero-order valence-corrected chi connectivity index (χ0v) is 7.47. The van der Waals surface area contributed by atoms with Gasteiger partial charge in [-0.25, -0.2) is 4.98 Å². The van der Waals surface area contributed by atoms with Crippen molar-refractivity contribution < 1.29 is 4.98 Å². The van der Waals surface area contributed by atoms with Crippen LogP contribution in [0, 0.1) is 0 Å². The molecule has 0 bridgehead atoms. The topological polar surface area (TPSA) is 79.8 Å². The van der Waals surface area contributed by atoms with E-state index in [-0.39, 0.29) is 0 Å². The first kappa shape index (κ1) is 7.78. The number of hydrogen-bond donors (Lipinski definition) is 3. The molecule has 0 aliphatic carbocycles. The summed E-state index contributed by atoms with van der Waals surface area (Å²) < 4.78 is 0. The van der Waals surface area contributed by atoms with E-state index >= 15 is 0 Å². The number of aromatic nitrogens is 4. The van der Waals surface area contributed by atoms with E-state index in [9.17, 15) is 0 Å². The molecule has 2 aromatic rings. The summed E-state index contributed by atoms with van der Waals surface area (Å²) in [7, 11) is 3.61. The minimum Gasteiger partial charge on any atom is -0.370 e. The zero-order valence-electron chi connectivity index (χ0n) is 7.47. The molecule has 4 N–H and O–H groups in total. The van der Waals surface area contributed by atoms with Crippen LogP contribution in [-0.4, -0.2) is 29.0 Å². The number of nitrogens with zero attached hydrogens (tertiary/aromatic N) is 2. The van der Waals surface area contributed by atoms with Crippen molar-refractivity contribution in [3.8, 4) is 0 Å². The van der Waals surface area contributed by atoms with E-state index in [0.717, 1.165) is 17.0 Å². The van der Waals surface area contributed by atoms with Gasteiger partial charge in [-0.2, -0.15) is 4.98 Å². The maximum atomic E-state index is 4.23. The lowest BCUT2D eigenvalue weighted by atomic mass is 10.5. The SMILES string of the molecule is CNc1nc(NC)c2[nH]c[nH+]c2n1. The summed E-state index contributed by atoms with van der Waals surface area (Å²) in [4.78, 5) is 14.4. The third-order valence-corrected chi connectivity index (χ3v) is 1.79. The Balaban J connectivity index is 2.70. The second-order valence-corrected chi connectivity index (χ2v) is 2.55. The van der Waals surface area contributed by atoms with Crippen LogP contribution in [0.3, 0.4) is 0 Å². The fourth-order valence-corrected chi connectivity index (χ4v) is 1.17. The smallest absolute Gasteiger partial charge is 0.307 e. The van der Waals surface area contributed by atoms with E-state index in [1.807, 2.05) is 7.05 Å². The van der Waals surface area contributed by atoms with E-state index < -0.39 is 0 Å². The van der Waals surface area contributed by atoms with Crippen molar-refractivity contribution in [3.05, 3.63) is 6.33 Å². The van der Waals surface area contributed by atoms with Crippen LogP contribution in [0.15, 0.2) is 6.33 Å². The third-order valence-electron chi connectivity index (χ3n) is 1.79. The first-order valence-electron chi connectivity index (χ1n) is 3.97. The molecule has 0 spiro atoms. The fourth-order valence-electron chi connectivity index (χ4n) is 1.17. The Morgan fingerprint density at radius 2 is 2.15 bits per heavy atom. The number of imidazole rings is 1. The highest BCUT2D eigenvalue weighted by Gasteiger charge is 2.13. The molecule has 0 saturated heterocycles. The van der Waals surface area contributed by atoms with Crippen molar-refractivity contribution >= 4 is 22.9 Å². The van der Waals surface area contributed by atoms with Crippen LogP contribution in [0.2, 0.25) is 0 Å². The third kappa shape index (κ3) is 1.16. The molecule has 6 heteroatoms. The Kier molecular flexibility index (Phi) is 1.73. The molecule has 0 aliphatic heterocycles. The molecule has 6 nitrogen and oxygen atoms in total. The van der Waals surface area contributed by atoms with E-state index in [1.54, 1.807) is 13.4 Å². The number of nitrogens with one attached hydrogen (secondary N) is 4. The average molecular weight is 179 g/mol. The van der Waals surface area contributed by atoms with E-state index in [0.29, 0.717) is 5.95 Å². The Hall–Kier alpha value is -1.85. The fraction of sp³-hybridized carbons (Fsp3) is 0.286. The van der Waals surface area contributed by atoms with Gasteiger partial charge in [-0.3, -0.25) is 4.98 Å². The molecule has 13 heavy (non-hydrogen) atoms. The predicted octanol–water partition coefficient (Wildman–Crippen LogP) is -0.145. The normalized spacial score (nSPS) is 10.3. The maximum Gasteiger partial charge on any atom is 0.307 e. The van der Waals surface area contributed by atoms with Gasteiger partial charge in [-0.1, -0.05) is 4.98 Å². The number of anilines is 2. The lowest BCUT2D eigenvalue weighted by Crippen LogP contribution is -2.05. The Morgan fingerprint density at radius 1 is 1.31 bits per heavy atom. The summed E-state index contributed by atoms with van der Waals surface area (Å²) in [6.45, 7) is 0. The molecule has 0 aliphatic rings. The number of aromatic amines is 2. The summed E-state index contributed by atoms with van der Waals surface area (Å²) in [6.07, 6.45) is 1.72. The summed E-state index contributed by atoms with van der Waals surface area (Å²) in [5.41, 5.74) is 1.66. The number of fused-ring (bicyclic) bond motifs is 1. The summed E-state index contributed by atoms with van der Waals surface area (Å²) in [5.74, 6) is 1.36. The molecule has 0 unspecified atom stereocenters. The Morgan fingerprint density at radius 3 is 2.85 bits per heavy atom. The molecular weight excluding hydrogens is 168 g/mol. The quantitative estimate of drug-likeness (QED) is 0.599. The van der Waals surface area contributed by atoms with Crippen molar-refractivity contribution in [1.82, 2.24) is 15.0 Å². The molecule has 0 fully saturated rings. The van der Waals surface area contributed by atoms with Gasteiger partial charge in [0.15, 0.2) is 12.1 Å². The van der Waals surface area contributed by atoms with Crippen molar-refractivity contribution in [3.63, 3.8) is 0 Å². The van der Waals surface area contributed by atoms with Crippen LogP contribution in [-0.2, 0) is 0 Å². The van der Waals surface area contributed by atoms with Crippen LogP contribution in [0.5, 0.6) is 0 Å². The van der Waals surface area contributed by atoms with Crippen LogP contribution in [0.4, 0.5) is 11.8 Å². The average Bonchev–Trinajstić information content (AvgIpc) is 2.63. The molecule has 0 amide bonds. The minimum absolute atomic E-state index is 0.590. The molecule has 2 aromatic heterocycles. The molecule has 0 radical (unpaired) electrons. The first-order chi connectivity index (χ1) is 6.35. The lowest BCUT2D eigenvalue weighted by Gasteiger charge is -1.98. The molecule has 2 rings (SSSR count). The van der Waals surface area contributed by atoms with Gasteiger partial charge in [0.05, 0.1) is 0 Å². The maximum absolute atomic E-state index is 4.23. The van der Waals surface area contributed by atoms with Gasteiger partial charge in [0, 0.05) is 14.1 Å². The molecule has 0 aromatic carbocycles. The minimum atomic E-state index is 0.590.